The van der Waals surface area contributed by atoms with Crippen LogP contribution >= 0.6 is 0 Å². The zero-order valence-corrected chi connectivity index (χ0v) is 11.1. The first kappa shape index (κ1) is 13.4. The predicted molar refractivity (Wildman–Crippen MR) is 76.0 cm³/mol. The number of nitro groups is 1. The minimum atomic E-state index is -0.491. The maximum atomic E-state index is 10.9. The normalized spacial score (nSPS) is 10.1. The minimum absolute atomic E-state index is 0.0661. The summed E-state index contributed by atoms with van der Waals surface area (Å²) in [4.78, 5) is 14.4. The van der Waals surface area contributed by atoms with Crippen molar-refractivity contribution in [3.8, 4) is 23.0 Å². The van der Waals surface area contributed by atoms with E-state index in [1.165, 1.54) is 16.8 Å². The first-order chi connectivity index (χ1) is 10.7. The van der Waals surface area contributed by atoms with E-state index in [4.69, 9.17) is 0 Å². The first-order valence-corrected chi connectivity index (χ1v) is 6.21. The van der Waals surface area contributed by atoms with Crippen molar-refractivity contribution in [3.63, 3.8) is 0 Å². The number of benzene rings is 1. The van der Waals surface area contributed by atoms with E-state index in [-0.39, 0.29) is 11.4 Å². The van der Waals surface area contributed by atoms with E-state index in [1.807, 2.05) is 6.07 Å². The van der Waals surface area contributed by atoms with E-state index in [2.05, 4.69) is 15.3 Å². The number of rotatable bonds is 3. The molecule has 0 spiro atoms. The van der Waals surface area contributed by atoms with Gasteiger partial charge in [0, 0.05) is 30.1 Å². The largest absolute Gasteiger partial charge is 0.271 e. The van der Waals surface area contributed by atoms with Crippen LogP contribution in [0.4, 0.5) is 5.69 Å². The second-order valence-electron chi connectivity index (χ2n) is 4.33. The lowest BCUT2D eigenvalue weighted by molar-refractivity contribution is -0.384. The molecule has 0 unspecified atom stereocenters. The van der Waals surface area contributed by atoms with Gasteiger partial charge in [-0.1, -0.05) is 11.3 Å². The summed E-state index contributed by atoms with van der Waals surface area (Å²) in [7, 11) is 0. The molecule has 0 aliphatic carbocycles. The summed E-state index contributed by atoms with van der Waals surface area (Å²) in [5, 5.41) is 27.8. The van der Waals surface area contributed by atoms with E-state index in [0.29, 0.717) is 16.9 Å². The molecule has 1 aromatic carbocycles. The van der Waals surface area contributed by atoms with Gasteiger partial charge in [-0.05, 0) is 18.2 Å². The van der Waals surface area contributed by atoms with Crippen LogP contribution in [-0.2, 0) is 0 Å². The number of non-ortho nitro benzene ring substituents is 1. The summed E-state index contributed by atoms with van der Waals surface area (Å²) < 4.78 is 1.39. The van der Waals surface area contributed by atoms with Gasteiger partial charge in [0.25, 0.3) is 5.69 Å². The van der Waals surface area contributed by atoms with Gasteiger partial charge in [-0.2, -0.15) is 5.26 Å². The van der Waals surface area contributed by atoms with Gasteiger partial charge >= 0.3 is 0 Å². The molecule has 2 heterocycles. The number of nitrogens with zero attached hydrogens (tertiary/aromatic N) is 6. The highest BCUT2D eigenvalue weighted by Crippen LogP contribution is 2.25. The molecule has 3 aromatic rings. The van der Waals surface area contributed by atoms with Gasteiger partial charge < -0.3 is 0 Å². The fourth-order valence-electron chi connectivity index (χ4n) is 2.04. The Balaban J connectivity index is 2.21. The summed E-state index contributed by atoms with van der Waals surface area (Å²) in [5.41, 5.74) is 1.59. The summed E-state index contributed by atoms with van der Waals surface area (Å²) >= 11 is 0. The second kappa shape index (κ2) is 5.41. The van der Waals surface area contributed by atoms with Crippen molar-refractivity contribution in [2.45, 2.75) is 0 Å². The quantitative estimate of drug-likeness (QED) is 0.540. The monoisotopic (exact) mass is 292 g/mol. The maximum absolute atomic E-state index is 10.9. The fraction of sp³-hybridized carbons (Fsp3) is 0. The molecule has 8 heteroatoms. The van der Waals surface area contributed by atoms with Crippen LogP contribution in [0.2, 0.25) is 0 Å². The highest BCUT2D eigenvalue weighted by Gasteiger charge is 2.17. The van der Waals surface area contributed by atoms with Crippen molar-refractivity contribution in [1.29, 1.82) is 5.26 Å². The highest BCUT2D eigenvalue weighted by molar-refractivity contribution is 5.66. The van der Waals surface area contributed by atoms with Crippen LogP contribution in [-0.4, -0.2) is 24.9 Å². The second-order valence-corrected chi connectivity index (χ2v) is 4.33. The lowest BCUT2D eigenvalue weighted by Crippen LogP contribution is -2.01. The molecular formula is C14H8N6O2. The van der Waals surface area contributed by atoms with Gasteiger partial charge in [-0.15, -0.1) is 5.10 Å². The summed E-state index contributed by atoms with van der Waals surface area (Å²) in [6.45, 7) is 0. The Morgan fingerprint density at radius 1 is 1.27 bits per heavy atom. The molecule has 2 aromatic heterocycles. The summed E-state index contributed by atoms with van der Waals surface area (Å²) in [5.74, 6) is 0. The van der Waals surface area contributed by atoms with Gasteiger partial charge in [0.1, 0.15) is 11.8 Å². The van der Waals surface area contributed by atoms with Gasteiger partial charge in [-0.3, -0.25) is 15.1 Å². The molecule has 0 N–H and O–H groups in total. The average Bonchev–Trinajstić information content (AvgIpc) is 2.99. The molecule has 0 radical (unpaired) electrons. The van der Waals surface area contributed by atoms with Crippen molar-refractivity contribution in [1.82, 2.24) is 20.0 Å². The van der Waals surface area contributed by atoms with E-state index >= 15 is 0 Å². The molecule has 0 aliphatic heterocycles. The summed E-state index contributed by atoms with van der Waals surface area (Å²) in [6.07, 6.45) is 3.18. The topological polar surface area (TPSA) is 111 Å². The molecule has 3 rings (SSSR count). The third-order valence-electron chi connectivity index (χ3n) is 3.00. The Labute approximate surface area is 124 Å². The third-order valence-corrected chi connectivity index (χ3v) is 3.00. The zero-order chi connectivity index (χ0) is 15.5. The lowest BCUT2D eigenvalue weighted by Gasteiger charge is -2.06. The van der Waals surface area contributed by atoms with Gasteiger partial charge in [0.2, 0.25) is 0 Å². The van der Waals surface area contributed by atoms with Crippen LogP contribution in [0.1, 0.15) is 5.69 Å². The molecule has 0 saturated heterocycles. The SMILES string of the molecule is N#Cc1nnn(-c2cccc([N+](=O)[O-])c2)c1-c1cccnc1. The molecule has 0 amide bonds. The van der Waals surface area contributed by atoms with Crippen LogP contribution in [0.15, 0.2) is 48.8 Å². The maximum Gasteiger partial charge on any atom is 0.271 e. The Kier molecular flexibility index (Phi) is 3.29. The van der Waals surface area contributed by atoms with Crippen LogP contribution in [0, 0.1) is 21.4 Å². The van der Waals surface area contributed by atoms with E-state index < -0.39 is 4.92 Å². The smallest absolute Gasteiger partial charge is 0.264 e. The third kappa shape index (κ3) is 2.27. The van der Waals surface area contributed by atoms with Crippen molar-refractivity contribution in [2.75, 3.05) is 0 Å². The van der Waals surface area contributed by atoms with Crippen LogP contribution < -0.4 is 0 Å². The van der Waals surface area contributed by atoms with E-state index in [1.54, 1.807) is 36.7 Å². The lowest BCUT2D eigenvalue weighted by atomic mass is 10.1. The van der Waals surface area contributed by atoms with Crippen molar-refractivity contribution in [3.05, 3.63) is 64.6 Å². The predicted octanol–water partition coefficient (Wildman–Crippen LogP) is 2.11. The molecule has 106 valence electrons. The first-order valence-electron chi connectivity index (χ1n) is 6.21. The Bertz CT molecular complexity index is 882. The number of hydrogen-bond donors (Lipinski definition) is 0. The van der Waals surface area contributed by atoms with E-state index in [9.17, 15) is 15.4 Å². The number of nitriles is 1. The van der Waals surface area contributed by atoms with Crippen molar-refractivity contribution in [2.24, 2.45) is 0 Å². The van der Waals surface area contributed by atoms with Gasteiger partial charge in [0.05, 0.1) is 10.6 Å². The number of nitro benzene ring substituents is 1. The molecule has 0 aliphatic rings. The van der Waals surface area contributed by atoms with Gasteiger partial charge in [-0.25, -0.2) is 4.68 Å². The molecular weight excluding hydrogens is 284 g/mol. The van der Waals surface area contributed by atoms with E-state index in [0.717, 1.165) is 0 Å². The molecule has 0 fully saturated rings. The number of pyridine rings is 1. The average molecular weight is 292 g/mol. The highest BCUT2D eigenvalue weighted by atomic mass is 16.6. The minimum Gasteiger partial charge on any atom is -0.264 e. The standard InChI is InChI=1S/C14H8N6O2/c15-8-13-14(10-3-2-6-16-9-10)19(18-17-13)11-4-1-5-12(7-11)20(21)22/h1-7,9H. The zero-order valence-electron chi connectivity index (χ0n) is 11.1. The van der Waals surface area contributed by atoms with Gasteiger partial charge in [0.15, 0.2) is 5.69 Å². The molecule has 0 bridgehead atoms. The Morgan fingerprint density at radius 2 is 2.14 bits per heavy atom. The molecule has 8 nitrogen and oxygen atoms in total. The molecule has 0 atom stereocenters. The Morgan fingerprint density at radius 3 is 2.82 bits per heavy atom. The fourth-order valence-corrected chi connectivity index (χ4v) is 2.04. The van der Waals surface area contributed by atoms with Crippen LogP contribution in [0.25, 0.3) is 16.9 Å². The van der Waals surface area contributed by atoms with Crippen molar-refractivity contribution < 1.29 is 4.92 Å². The summed E-state index contributed by atoms with van der Waals surface area (Å²) in [6, 6.07) is 11.4. The Hall–Kier alpha value is -3.60. The molecule has 0 saturated carbocycles. The number of aromatic nitrogens is 4. The van der Waals surface area contributed by atoms with Crippen LogP contribution in [0.3, 0.4) is 0 Å². The molecule has 22 heavy (non-hydrogen) atoms. The van der Waals surface area contributed by atoms with Crippen LogP contribution in [0.5, 0.6) is 0 Å². The van der Waals surface area contributed by atoms with Crippen molar-refractivity contribution >= 4 is 5.69 Å². The number of hydrogen-bond acceptors (Lipinski definition) is 6.